The highest BCUT2D eigenvalue weighted by molar-refractivity contribution is 6.18. The van der Waals surface area contributed by atoms with Crippen molar-refractivity contribution in [3.63, 3.8) is 0 Å². The summed E-state index contributed by atoms with van der Waals surface area (Å²) in [5.41, 5.74) is -2.74. The van der Waals surface area contributed by atoms with E-state index < -0.39 is 46.9 Å². The van der Waals surface area contributed by atoms with Gasteiger partial charge in [-0.2, -0.15) is 5.26 Å². The van der Waals surface area contributed by atoms with Gasteiger partial charge in [-0.1, -0.05) is 18.2 Å². The van der Waals surface area contributed by atoms with Crippen LogP contribution in [-0.4, -0.2) is 83.1 Å². The first kappa shape index (κ1) is 27.0. The maximum atomic E-state index is 14.2. The largest absolute Gasteiger partial charge is 0.496 e. The molecule has 1 spiro atoms. The number of fused-ring (bicyclic) bond motifs is 2. The van der Waals surface area contributed by atoms with E-state index in [1.54, 1.807) is 49.2 Å². The quantitative estimate of drug-likeness (QED) is 0.518. The first-order valence-corrected chi connectivity index (χ1v) is 12.5. The van der Waals surface area contributed by atoms with Crippen molar-refractivity contribution in [3.8, 4) is 23.3 Å². The number of carbonyl (C=O) groups excluding carboxylic acids is 4. The van der Waals surface area contributed by atoms with Crippen LogP contribution in [0.5, 0.6) is 17.2 Å². The summed E-state index contributed by atoms with van der Waals surface area (Å²) in [5.74, 6) is -2.64. The number of nitrogens with zero attached hydrogens (tertiary/aromatic N) is 5. The van der Waals surface area contributed by atoms with Gasteiger partial charge in [-0.3, -0.25) is 19.3 Å². The van der Waals surface area contributed by atoms with Gasteiger partial charge < -0.3 is 14.2 Å². The van der Waals surface area contributed by atoms with Crippen molar-refractivity contribution in [2.75, 3.05) is 28.4 Å². The smallest absolute Gasteiger partial charge is 0.336 e. The van der Waals surface area contributed by atoms with Crippen molar-refractivity contribution in [1.29, 1.82) is 5.26 Å². The van der Waals surface area contributed by atoms with Gasteiger partial charge >= 0.3 is 6.03 Å². The van der Waals surface area contributed by atoms with Crippen molar-refractivity contribution in [2.24, 2.45) is 5.92 Å². The molecule has 40 heavy (non-hydrogen) atoms. The molecule has 0 saturated carbocycles. The maximum absolute atomic E-state index is 14.2. The number of urea groups is 1. The van der Waals surface area contributed by atoms with E-state index in [0.717, 1.165) is 14.8 Å². The van der Waals surface area contributed by atoms with Crippen LogP contribution < -0.4 is 14.2 Å². The van der Waals surface area contributed by atoms with E-state index in [4.69, 9.17) is 14.2 Å². The number of methoxy groups -OCH3 is 3. The van der Waals surface area contributed by atoms with E-state index in [1.165, 1.54) is 40.5 Å². The second-order valence-electron chi connectivity index (χ2n) is 10.4. The molecule has 0 unspecified atom stereocenters. The summed E-state index contributed by atoms with van der Waals surface area (Å²) < 4.78 is 16.8. The number of hydrogen-bond donors (Lipinski definition) is 0. The number of likely N-dealkylation sites (N-methyl/N-ethyl adjacent to an activating group) is 1. The van der Waals surface area contributed by atoms with E-state index >= 15 is 0 Å². The van der Waals surface area contributed by atoms with Crippen molar-refractivity contribution in [3.05, 3.63) is 53.6 Å². The van der Waals surface area contributed by atoms with Gasteiger partial charge in [-0.15, -0.1) is 0 Å². The SMILES string of the molecule is COc1cc(OC)c([C@H]2[C@H](C#N)[C@@]3(C(=O)N(C)C(=O)N3C(=O)c3ccccc3)N3C(=O)CC(C)(C)N23)c(OC)c1. The van der Waals surface area contributed by atoms with E-state index in [0.29, 0.717) is 11.3 Å². The molecule has 0 bridgehead atoms. The lowest BCUT2D eigenvalue weighted by Crippen LogP contribution is -2.65. The number of hydrazine groups is 1. The molecule has 0 aromatic heterocycles. The molecular weight excluding hydrogens is 518 g/mol. The average Bonchev–Trinajstić information content (AvgIpc) is 3.47. The third kappa shape index (κ3) is 3.34. The molecule has 0 aliphatic carbocycles. The average molecular weight is 548 g/mol. The molecule has 5 rings (SSSR count). The molecule has 3 saturated heterocycles. The van der Waals surface area contributed by atoms with Crippen molar-refractivity contribution < 1.29 is 33.4 Å². The molecule has 0 N–H and O–H groups in total. The van der Waals surface area contributed by atoms with Crippen molar-refractivity contribution in [1.82, 2.24) is 19.8 Å². The van der Waals surface area contributed by atoms with Gasteiger partial charge in [0.05, 0.1) is 39.0 Å². The van der Waals surface area contributed by atoms with Crippen molar-refractivity contribution in [2.45, 2.75) is 37.5 Å². The molecule has 0 radical (unpaired) electrons. The summed E-state index contributed by atoms with van der Waals surface area (Å²) >= 11 is 0. The van der Waals surface area contributed by atoms with Crippen LogP contribution in [0.3, 0.4) is 0 Å². The molecule has 3 aliphatic heterocycles. The minimum absolute atomic E-state index is 0.0390. The predicted octanol–water partition coefficient (Wildman–Crippen LogP) is 2.57. The Morgan fingerprint density at radius 3 is 2.12 bits per heavy atom. The van der Waals surface area contributed by atoms with Crippen LogP contribution >= 0.6 is 0 Å². The van der Waals surface area contributed by atoms with Crippen molar-refractivity contribution >= 4 is 23.8 Å². The molecule has 3 aliphatic rings. The highest BCUT2D eigenvalue weighted by Gasteiger charge is 2.78. The molecule has 208 valence electrons. The number of rotatable bonds is 5. The number of amides is 5. The lowest BCUT2D eigenvalue weighted by atomic mass is 9.81. The van der Waals surface area contributed by atoms with Gasteiger partial charge in [0.25, 0.3) is 11.8 Å². The Bertz CT molecular complexity index is 1440. The summed E-state index contributed by atoms with van der Waals surface area (Å²) in [6, 6.07) is 11.4. The van der Waals surface area contributed by atoms with E-state index in [9.17, 15) is 24.4 Å². The zero-order valence-corrected chi connectivity index (χ0v) is 23.0. The molecule has 3 fully saturated rings. The number of imide groups is 2. The van der Waals surface area contributed by atoms with Gasteiger partial charge in [0.1, 0.15) is 23.2 Å². The van der Waals surface area contributed by atoms with Crippen LogP contribution in [0, 0.1) is 17.2 Å². The predicted molar refractivity (Wildman–Crippen MR) is 139 cm³/mol. The monoisotopic (exact) mass is 547 g/mol. The molecular formula is C28H29N5O7. The number of hydrogen-bond acceptors (Lipinski definition) is 9. The zero-order valence-electron chi connectivity index (χ0n) is 23.0. The Morgan fingerprint density at radius 1 is 1.00 bits per heavy atom. The highest BCUT2D eigenvalue weighted by atomic mass is 16.5. The fraction of sp³-hybridized carbons (Fsp3) is 0.393. The fourth-order valence-electron chi connectivity index (χ4n) is 6.17. The molecule has 2 aromatic rings. The Hall–Kier alpha value is -4.63. The maximum Gasteiger partial charge on any atom is 0.336 e. The molecule has 2 aromatic carbocycles. The standard InChI is InChI=1S/C28H29N5O7/c1-27(2)14-21(34)32-28(25(36)30(3)26(37)31(28)24(35)16-10-8-7-9-11-16)18(15-29)23(33(27)32)22-19(39-5)12-17(38-4)13-20(22)40-6/h7-13,18,23H,14H2,1-6H3/t18-,23+,28-/m0/s1. The summed E-state index contributed by atoms with van der Waals surface area (Å²) in [6.45, 7) is 3.59. The topological polar surface area (TPSA) is 133 Å². The normalized spacial score (nSPS) is 25.4. The van der Waals surface area contributed by atoms with Gasteiger partial charge in [0, 0.05) is 36.7 Å². The van der Waals surface area contributed by atoms with E-state index in [1.807, 2.05) is 0 Å². The zero-order chi connectivity index (χ0) is 29.1. The van der Waals surface area contributed by atoms with Gasteiger partial charge in [-0.25, -0.2) is 19.7 Å². The van der Waals surface area contributed by atoms with Crippen LogP contribution in [0.1, 0.15) is 42.2 Å². The summed E-state index contributed by atoms with van der Waals surface area (Å²) in [6.07, 6.45) is -0.0390. The summed E-state index contributed by atoms with van der Waals surface area (Å²) in [7, 11) is 5.58. The Balaban J connectivity index is 1.85. The number of nitriles is 1. The second-order valence-corrected chi connectivity index (χ2v) is 10.4. The Morgan fingerprint density at radius 2 is 1.60 bits per heavy atom. The third-order valence-electron chi connectivity index (χ3n) is 7.84. The molecule has 5 amide bonds. The Labute approximate surface area is 231 Å². The van der Waals surface area contributed by atoms with Gasteiger partial charge in [0.15, 0.2) is 0 Å². The lowest BCUT2D eigenvalue weighted by Gasteiger charge is -2.40. The highest BCUT2D eigenvalue weighted by Crippen LogP contribution is 2.60. The molecule has 3 atom stereocenters. The van der Waals surface area contributed by atoms with Crippen LogP contribution in [0.25, 0.3) is 0 Å². The number of benzene rings is 2. The first-order valence-electron chi connectivity index (χ1n) is 12.5. The summed E-state index contributed by atoms with van der Waals surface area (Å²) in [4.78, 5) is 57.2. The van der Waals surface area contributed by atoms with Gasteiger partial charge in [0.2, 0.25) is 11.6 Å². The summed E-state index contributed by atoms with van der Waals surface area (Å²) in [5, 5.41) is 13.5. The first-order chi connectivity index (χ1) is 19.0. The van der Waals surface area contributed by atoms with Gasteiger partial charge in [-0.05, 0) is 26.0 Å². The minimum Gasteiger partial charge on any atom is -0.496 e. The molecule has 12 heteroatoms. The molecule has 3 heterocycles. The van der Waals surface area contributed by atoms with Crippen LogP contribution in [0.2, 0.25) is 0 Å². The van der Waals surface area contributed by atoms with E-state index in [-0.39, 0.29) is 23.5 Å². The van der Waals surface area contributed by atoms with Crippen LogP contribution in [-0.2, 0) is 9.59 Å². The number of carbonyl (C=O) groups is 4. The van der Waals surface area contributed by atoms with E-state index in [2.05, 4.69) is 6.07 Å². The van der Waals surface area contributed by atoms with Crippen LogP contribution in [0.4, 0.5) is 4.79 Å². The second kappa shape index (κ2) is 9.24. The Kier molecular flexibility index (Phi) is 6.22. The fourth-order valence-corrected chi connectivity index (χ4v) is 6.17. The van der Waals surface area contributed by atoms with Crippen LogP contribution in [0.15, 0.2) is 42.5 Å². The third-order valence-corrected chi connectivity index (χ3v) is 7.84. The number of ether oxygens (including phenoxy) is 3. The minimum atomic E-state index is -2.29. The molecule has 12 nitrogen and oxygen atoms in total. The lowest BCUT2D eigenvalue weighted by molar-refractivity contribution is -0.166.